The lowest BCUT2D eigenvalue weighted by atomic mass is 10.1. The summed E-state index contributed by atoms with van der Waals surface area (Å²) in [6.07, 6.45) is 9.08. The molecule has 3 nitrogen and oxygen atoms in total. The van der Waals surface area contributed by atoms with Gasteiger partial charge < -0.3 is 16.4 Å². The van der Waals surface area contributed by atoms with Crippen molar-refractivity contribution in [2.45, 2.75) is 6.42 Å². The molecule has 0 atom stereocenters. The summed E-state index contributed by atoms with van der Waals surface area (Å²) in [4.78, 5) is 0. The van der Waals surface area contributed by atoms with Crippen molar-refractivity contribution in [3.05, 3.63) is 54.6 Å². The molecule has 0 aromatic heterocycles. The zero-order valence-corrected chi connectivity index (χ0v) is 10.1. The topological polar surface area (TPSA) is 50.1 Å². The van der Waals surface area contributed by atoms with Crippen molar-refractivity contribution in [3.63, 3.8) is 0 Å². The van der Waals surface area contributed by atoms with E-state index in [1.165, 1.54) is 0 Å². The van der Waals surface area contributed by atoms with Gasteiger partial charge in [0.15, 0.2) is 5.11 Å². The molecule has 87 valence electrons. The predicted molar refractivity (Wildman–Crippen MR) is 76.4 cm³/mol. The normalized spacial score (nSPS) is 14.0. The average molecular weight is 244 g/mol. The maximum Gasteiger partial charge on any atom is 0.175 e. The van der Waals surface area contributed by atoms with Crippen molar-refractivity contribution >= 4 is 28.7 Å². The summed E-state index contributed by atoms with van der Waals surface area (Å²) in [6, 6.07) is 7.48. The molecule has 0 bridgehead atoms. The van der Waals surface area contributed by atoms with Crippen LogP contribution in [-0.4, -0.2) is 5.11 Å². The minimum absolute atomic E-state index is 0.563. The highest BCUT2D eigenvalue weighted by molar-refractivity contribution is 7.80. The average Bonchev–Trinajstić information content (AvgIpc) is 2.30. The van der Waals surface area contributed by atoms with Crippen molar-refractivity contribution in [3.8, 4) is 0 Å². The van der Waals surface area contributed by atoms with Crippen molar-refractivity contribution in [2.24, 2.45) is 0 Å². The van der Waals surface area contributed by atoms with Crippen LogP contribution in [0, 0.1) is 6.42 Å². The first-order chi connectivity index (χ1) is 8.24. The molecule has 0 spiro atoms. The van der Waals surface area contributed by atoms with E-state index in [1.54, 1.807) is 0 Å². The minimum atomic E-state index is 0.563. The molecule has 17 heavy (non-hydrogen) atoms. The predicted octanol–water partition coefficient (Wildman–Crippen LogP) is 2.60. The summed E-state index contributed by atoms with van der Waals surface area (Å²) in [6.45, 7) is 0. The molecule has 0 saturated heterocycles. The lowest BCUT2D eigenvalue weighted by Gasteiger charge is -2.13. The molecule has 1 aromatic rings. The van der Waals surface area contributed by atoms with E-state index in [9.17, 15) is 0 Å². The summed E-state index contributed by atoms with van der Waals surface area (Å²) in [5.74, 6) is 0. The fourth-order valence-corrected chi connectivity index (χ4v) is 1.75. The number of benzene rings is 1. The Morgan fingerprint density at radius 1 is 1.29 bits per heavy atom. The molecule has 0 unspecified atom stereocenters. The van der Waals surface area contributed by atoms with E-state index in [0.717, 1.165) is 17.8 Å². The molecule has 0 saturated carbocycles. The van der Waals surface area contributed by atoms with Gasteiger partial charge in [-0.25, -0.2) is 0 Å². The highest BCUT2D eigenvalue weighted by atomic mass is 32.1. The van der Waals surface area contributed by atoms with Gasteiger partial charge >= 0.3 is 0 Å². The molecule has 0 heterocycles. The second-order valence-corrected chi connectivity index (χ2v) is 4.10. The van der Waals surface area contributed by atoms with E-state index < -0.39 is 0 Å². The van der Waals surface area contributed by atoms with Crippen LogP contribution in [0.25, 0.3) is 0 Å². The molecule has 0 amide bonds. The maximum atomic E-state index is 5.69. The van der Waals surface area contributed by atoms with Gasteiger partial charge in [-0.2, -0.15) is 0 Å². The number of allylic oxidation sites excluding steroid dienone is 3. The monoisotopic (exact) mass is 244 g/mol. The smallest absolute Gasteiger partial charge is 0.175 e. The van der Waals surface area contributed by atoms with Gasteiger partial charge in [-0.15, -0.1) is 0 Å². The van der Waals surface area contributed by atoms with Crippen molar-refractivity contribution < 1.29 is 0 Å². The van der Waals surface area contributed by atoms with Gasteiger partial charge in [0.25, 0.3) is 0 Å². The number of hydrogen-bond acceptors (Lipinski definition) is 2. The Hall–Kier alpha value is -1.81. The second kappa shape index (κ2) is 5.50. The standard InChI is InChI=1S/C13H14N3S/c14-10-5-4-8-12(9-10)16-13(17)15-11-6-2-1-3-7-11/h1-2,4-9H,3,14H2,(H2,15,16,17). The molecule has 1 radical (unpaired) electrons. The van der Waals surface area contributed by atoms with Crippen LogP contribution < -0.4 is 16.4 Å². The Bertz CT molecular complexity index is 477. The molecule has 0 aliphatic heterocycles. The number of nitrogens with one attached hydrogen (secondary N) is 2. The van der Waals surface area contributed by atoms with Crippen LogP contribution in [0.4, 0.5) is 11.4 Å². The van der Waals surface area contributed by atoms with E-state index in [-0.39, 0.29) is 0 Å². The minimum Gasteiger partial charge on any atom is -0.399 e. The number of nitrogens with two attached hydrogens (primary N) is 1. The first-order valence-electron chi connectivity index (χ1n) is 5.37. The van der Waals surface area contributed by atoms with Crippen LogP contribution in [0.2, 0.25) is 0 Å². The number of hydrogen-bond donors (Lipinski definition) is 3. The van der Waals surface area contributed by atoms with Crippen molar-refractivity contribution in [1.82, 2.24) is 5.32 Å². The van der Waals surface area contributed by atoms with E-state index in [4.69, 9.17) is 18.0 Å². The van der Waals surface area contributed by atoms with E-state index >= 15 is 0 Å². The molecule has 0 fully saturated rings. The van der Waals surface area contributed by atoms with Crippen LogP contribution in [0.3, 0.4) is 0 Å². The Kier molecular flexibility index (Phi) is 3.77. The molecule has 1 aromatic carbocycles. The highest BCUT2D eigenvalue weighted by Crippen LogP contribution is 2.12. The summed E-state index contributed by atoms with van der Waals surface area (Å²) in [5.41, 5.74) is 8.29. The van der Waals surface area contributed by atoms with Gasteiger partial charge in [0.05, 0.1) is 0 Å². The fourth-order valence-electron chi connectivity index (χ4n) is 1.52. The summed E-state index contributed by atoms with van der Waals surface area (Å²) >= 11 is 5.21. The van der Waals surface area contributed by atoms with Crippen LogP contribution in [0.15, 0.2) is 48.2 Å². The van der Waals surface area contributed by atoms with Gasteiger partial charge in [-0.05, 0) is 49.3 Å². The third-order valence-corrected chi connectivity index (χ3v) is 2.49. The molecule has 4 N–H and O–H groups in total. The maximum absolute atomic E-state index is 5.69. The van der Waals surface area contributed by atoms with Gasteiger partial charge in [0.1, 0.15) is 0 Å². The first kappa shape index (κ1) is 11.7. The van der Waals surface area contributed by atoms with E-state index in [1.807, 2.05) is 36.4 Å². The van der Waals surface area contributed by atoms with Crippen molar-refractivity contribution in [2.75, 3.05) is 11.1 Å². The number of nitrogen functional groups attached to an aromatic ring is 1. The SMILES string of the molecule is Nc1cccc(NC(=S)NC2=CC[CH]C=C2)c1. The number of anilines is 2. The van der Waals surface area contributed by atoms with E-state index in [0.29, 0.717) is 10.8 Å². The number of thiocarbonyl (C=S) groups is 1. The lowest BCUT2D eigenvalue weighted by molar-refractivity contribution is 1.11. The summed E-state index contributed by atoms with van der Waals surface area (Å²) in [5, 5.41) is 6.77. The molecule has 1 aliphatic carbocycles. The summed E-state index contributed by atoms with van der Waals surface area (Å²) < 4.78 is 0. The quantitative estimate of drug-likeness (QED) is 0.553. The highest BCUT2D eigenvalue weighted by Gasteiger charge is 2.01. The van der Waals surface area contributed by atoms with Crippen molar-refractivity contribution in [1.29, 1.82) is 0 Å². The first-order valence-corrected chi connectivity index (χ1v) is 5.78. The van der Waals surface area contributed by atoms with Gasteiger partial charge in [-0.3, -0.25) is 0 Å². The zero-order chi connectivity index (χ0) is 12.1. The molecular formula is C13H14N3S. The fraction of sp³-hybridized carbons (Fsp3) is 0.0769. The Morgan fingerprint density at radius 2 is 2.18 bits per heavy atom. The molecule has 4 heteroatoms. The Labute approximate surface area is 106 Å². The zero-order valence-electron chi connectivity index (χ0n) is 9.31. The third kappa shape index (κ3) is 3.60. The van der Waals surface area contributed by atoms with Crippen LogP contribution >= 0.6 is 12.2 Å². The van der Waals surface area contributed by atoms with Gasteiger partial charge in [0.2, 0.25) is 0 Å². The van der Waals surface area contributed by atoms with Crippen LogP contribution in [-0.2, 0) is 0 Å². The lowest BCUT2D eigenvalue weighted by Crippen LogP contribution is -2.27. The summed E-state index contributed by atoms with van der Waals surface area (Å²) in [7, 11) is 0. The van der Waals surface area contributed by atoms with Crippen LogP contribution in [0.5, 0.6) is 0 Å². The molecule has 2 rings (SSSR count). The second-order valence-electron chi connectivity index (χ2n) is 3.69. The van der Waals surface area contributed by atoms with Gasteiger partial charge in [0, 0.05) is 17.1 Å². The Morgan fingerprint density at radius 3 is 2.88 bits per heavy atom. The van der Waals surface area contributed by atoms with Crippen LogP contribution in [0.1, 0.15) is 6.42 Å². The molecule has 1 aliphatic rings. The Balaban J connectivity index is 1.93. The van der Waals surface area contributed by atoms with E-state index in [2.05, 4.69) is 23.1 Å². The number of rotatable bonds is 2. The largest absolute Gasteiger partial charge is 0.399 e. The third-order valence-electron chi connectivity index (χ3n) is 2.29. The van der Waals surface area contributed by atoms with Gasteiger partial charge in [-0.1, -0.05) is 18.2 Å². The molecular weight excluding hydrogens is 230 g/mol.